The minimum atomic E-state index is -4.13. The van der Waals surface area contributed by atoms with Crippen LogP contribution < -0.4 is 0 Å². The summed E-state index contributed by atoms with van der Waals surface area (Å²) in [5.74, 6) is -0.658. The number of carbonyl (C=O) groups excluding carboxylic acids is 1. The zero-order valence-electron chi connectivity index (χ0n) is 11.3. The van der Waals surface area contributed by atoms with Crippen LogP contribution in [0.3, 0.4) is 0 Å². The minimum Gasteiger partial charge on any atom is -0.468 e. The third-order valence-corrected chi connectivity index (χ3v) is 5.28. The van der Waals surface area contributed by atoms with Crippen LogP contribution in [0.2, 0.25) is 0 Å². The van der Waals surface area contributed by atoms with Gasteiger partial charge in [0.1, 0.15) is 6.04 Å². The number of nitro groups is 1. The maximum atomic E-state index is 12.6. The van der Waals surface area contributed by atoms with Gasteiger partial charge in [0.15, 0.2) is 4.90 Å². The quantitative estimate of drug-likeness (QED) is 0.464. The first-order valence-corrected chi connectivity index (χ1v) is 7.66. The highest BCUT2D eigenvalue weighted by molar-refractivity contribution is 7.89. The van der Waals surface area contributed by atoms with Crippen LogP contribution in [0.25, 0.3) is 0 Å². The number of benzene rings is 1. The van der Waals surface area contributed by atoms with Crippen LogP contribution in [-0.4, -0.2) is 43.3 Å². The number of methoxy groups -OCH3 is 1. The van der Waals surface area contributed by atoms with Gasteiger partial charge in [-0.15, -0.1) is 0 Å². The van der Waals surface area contributed by atoms with Crippen LogP contribution in [0, 0.1) is 10.1 Å². The highest BCUT2D eigenvalue weighted by Gasteiger charge is 2.42. The first-order chi connectivity index (χ1) is 9.89. The van der Waals surface area contributed by atoms with Crippen molar-refractivity contribution in [2.45, 2.75) is 23.8 Å². The van der Waals surface area contributed by atoms with Gasteiger partial charge in [0.2, 0.25) is 0 Å². The fraction of sp³-hybridized carbons (Fsp3) is 0.417. The highest BCUT2D eigenvalue weighted by Crippen LogP contribution is 2.31. The number of sulfonamides is 1. The Morgan fingerprint density at radius 3 is 2.71 bits per heavy atom. The standard InChI is InChI=1S/C12H14N2O6S/c1-20-12(15)10-6-4-8-13(10)21(18,19)11-7-3-2-5-9(11)14(16)17/h2-3,5,7,10H,4,6,8H2,1H3/t10-/m0/s1. The normalized spacial score (nSPS) is 19.4. The summed E-state index contributed by atoms with van der Waals surface area (Å²) in [6.45, 7) is 0.133. The Morgan fingerprint density at radius 2 is 2.10 bits per heavy atom. The molecule has 0 spiro atoms. The summed E-state index contributed by atoms with van der Waals surface area (Å²) in [7, 11) is -2.95. The van der Waals surface area contributed by atoms with Crippen molar-refractivity contribution < 1.29 is 22.9 Å². The molecule has 1 saturated heterocycles. The molecule has 2 rings (SSSR count). The largest absolute Gasteiger partial charge is 0.468 e. The van der Waals surface area contributed by atoms with E-state index in [9.17, 15) is 23.3 Å². The molecule has 1 aliphatic rings. The van der Waals surface area contributed by atoms with Crippen molar-refractivity contribution in [3.63, 3.8) is 0 Å². The van der Waals surface area contributed by atoms with Gasteiger partial charge in [-0.1, -0.05) is 12.1 Å². The van der Waals surface area contributed by atoms with Crippen molar-refractivity contribution in [3.8, 4) is 0 Å². The Morgan fingerprint density at radius 1 is 1.43 bits per heavy atom. The summed E-state index contributed by atoms with van der Waals surface area (Å²) in [6, 6.07) is 4.15. The molecule has 21 heavy (non-hydrogen) atoms. The van der Waals surface area contributed by atoms with Gasteiger partial charge in [0.05, 0.1) is 12.0 Å². The number of ether oxygens (including phenoxy) is 1. The van der Waals surface area contributed by atoms with Crippen LogP contribution in [-0.2, 0) is 19.6 Å². The second-order valence-electron chi connectivity index (χ2n) is 4.52. The predicted molar refractivity (Wildman–Crippen MR) is 72.0 cm³/mol. The number of hydrogen-bond donors (Lipinski definition) is 0. The first-order valence-electron chi connectivity index (χ1n) is 6.22. The van der Waals surface area contributed by atoms with Crippen molar-refractivity contribution in [3.05, 3.63) is 34.4 Å². The molecule has 1 aromatic rings. The van der Waals surface area contributed by atoms with E-state index in [1.165, 1.54) is 25.3 Å². The van der Waals surface area contributed by atoms with Crippen molar-refractivity contribution in [1.82, 2.24) is 4.31 Å². The van der Waals surface area contributed by atoms with Gasteiger partial charge in [-0.25, -0.2) is 8.42 Å². The molecule has 1 aliphatic heterocycles. The molecule has 0 radical (unpaired) electrons. The van der Waals surface area contributed by atoms with Crippen LogP contribution in [0.4, 0.5) is 5.69 Å². The smallest absolute Gasteiger partial charge is 0.324 e. The lowest BCUT2D eigenvalue weighted by molar-refractivity contribution is -0.387. The lowest BCUT2D eigenvalue weighted by atomic mass is 10.2. The third kappa shape index (κ3) is 2.74. The van der Waals surface area contributed by atoms with E-state index in [2.05, 4.69) is 4.74 Å². The number of para-hydroxylation sites is 1. The molecule has 1 heterocycles. The number of carbonyl (C=O) groups is 1. The minimum absolute atomic E-state index is 0.133. The molecular weight excluding hydrogens is 300 g/mol. The fourth-order valence-corrected chi connectivity index (χ4v) is 4.16. The van der Waals surface area contributed by atoms with Gasteiger partial charge < -0.3 is 4.74 Å². The van der Waals surface area contributed by atoms with Crippen LogP contribution in [0.5, 0.6) is 0 Å². The van der Waals surface area contributed by atoms with Gasteiger partial charge in [-0.3, -0.25) is 14.9 Å². The van der Waals surface area contributed by atoms with E-state index >= 15 is 0 Å². The number of hydrogen-bond acceptors (Lipinski definition) is 6. The number of rotatable bonds is 4. The lowest BCUT2D eigenvalue weighted by Gasteiger charge is -2.21. The molecule has 0 unspecified atom stereocenters. The molecule has 1 atom stereocenters. The number of esters is 1. The second kappa shape index (κ2) is 5.78. The van der Waals surface area contributed by atoms with Crippen molar-refractivity contribution in [2.24, 2.45) is 0 Å². The summed E-state index contributed by atoms with van der Waals surface area (Å²) in [6.07, 6.45) is 0.839. The predicted octanol–water partition coefficient (Wildman–Crippen LogP) is 0.921. The van der Waals surface area contributed by atoms with Gasteiger partial charge in [-0.2, -0.15) is 4.31 Å². The van der Waals surface area contributed by atoms with Crippen LogP contribution >= 0.6 is 0 Å². The highest BCUT2D eigenvalue weighted by atomic mass is 32.2. The van der Waals surface area contributed by atoms with Gasteiger partial charge in [0.25, 0.3) is 15.7 Å². The SMILES string of the molecule is COC(=O)[C@@H]1CCCN1S(=O)(=O)c1ccccc1[N+](=O)[O-]. The van der Waals surface area contributed by atoms with E-state index in [0.29, 0.717) is 12.8 Å². The summed E-state index contributed by atoms with van der Waals surface area (Å²) in [5.41, 5.74) is -0.506. The van der Waals surface area contributed by atoms with E-state index in [4.69, 9.17) is 0 Å². The summed E-state index contributed by atoms with van der Waals surface area (Å²) in [4.78, 5) is 21.5. The molecule has 0 bridgehead atoms. The van der Waals surface area contributed by atoms with Gasteiger partial charge in [-0.05, 0) is 18.9 Å². The van der Waals surface area contributed by atoms with Crippen molar-refractivity contribution in [1.29, 1.82) is 0 Å². The Labute approximate surface area is 121 Å². The Bertz CT molecular complexity index is 672. The molecule has 1 aromatic carbocycles. The monoisotopic (exact) mass is 314 g/mol. The molecule has 0 N–H and O–H groups in total. The molecule has 0 amide bonds. The van der Waals surface area contributed by atoms with Crippen LogP contribution in [0.15, 0.2) is 29.2 Å². The summed E-state index contributed by atoms with van der Waals surface area (Å²) in [5, 5.41) is 11.0. The first kappa shape index (κ1) is 15.4. The average molecular weight is 314 g/mol. The number of nitrogens with zero attached hydrogens (tertiary/aromatic N) is 2. The zero-order chi connectivity index (χ0) is 15.6. The Kier molecular flexibility index (Phi) is 4.24. The van der Waals surface area contributed by atoms with E-state index in [0.717, 1.165) is 10.4 Å². The average Bonchev–Trinajstić information content (AvgIpc) is 2.96. The molecule has 0 aliphatic carbocycles. The molecule has 8 nitrogen and oxygen atoms in total. The van der Waals surface area contributed by atoms with Crippen molar-refractivity contribution >= 4 is 21.7 Å². The lowest BCUT2D eigenvalue weighted by Crippen LogP contribution is -2.41. The van der Waals surface area contributed by atoms with E-state index in [1.54, 1.807) is 0 Å². The molecule has 114 valence electrons. The van der Waals surface area contributed by atoms with E-state index < -0.39 is 37.5 Å². The fourth-order valence-electron chi connectivity index (χ4n) is 2.35. The Hall–Kier alpha value is -2.00. The zero-order valence-corrected chi connectivity index (χ0v) is 12.1. The maximum absolute atomic E-state index is 12.6. The van der Waals surface area contributed by atoms with Crippen molar-refractivity contribution in [2.75, 3.05) is 13.7 Å². The van der Waals surface area contributed by atoms with E-state index in [1.807, 2.05) is 0 Å². The Balaban J connectivity index is 2.48. The maximum Gasteiger partial charge on any atom is 0.324 e. The molecule has 1 fully saturated rings. The summed E-state index contributed by atoms with van der Waals surface area (Å²) >= 11 is 0. The second-order valence-corrected chi connectivity index (χ2v) is 6.38. The van der Waals surface area contributed by atoms with E-state index in [-0.39, 0.29) is 6.54 Å². The summed E-state index contributed by atoms with van der Waals surface area (Å²) < 4.78 is 30.8. The molecule has 0 aromatic heterocycles. The third-order valence-electron chi connectivity index (χ3n) is 3.33. The van der Waals surface area contributed by atoms with Gasteiger partial charge >= 0.3 is 5.97 Å². The molecular formula is C12H14N2O6S. The topological polar surface area (TPSA) is 107 Å². The van der Waals surface area contributed by atoms with Gasteiger partial charge in [0, 0.05) is 12.6 Å². The molecule has 9 heteroatoms. The number of nitro benzene ring substituents is 1. The van der Waals surface area contributed by atoms with Crippen LogP contribution in [0.1, 0.15) is 12.8 Å². The molecule has 0 saturated carbocycles.